The first-order valence-corrected chi connectivity index (χ1v) is 7.52. The lowest BCUT2D eigenvalue weighted by molar-refractivity contribution is -0.121. The van der Waals surface area contributed by atoms with Crippen molar-refractivity contribution in [3.8, 4) is 0 Å². The van der Waals surface area contributed by atoms with Gasteiger partial charge in [0.1, 0.15) is 0 Å². The van der Waals surface area contributed by atoms with Gasteiger partial charge in [-0.3, -0.25) is 4.79 Å². The van der Waals surface area contributed by atoms with Crippen LogP contribution < -0.4 is 11.1 Å². The minimum atomic E-state index is 0.0894. The average molecular weight is 276 g/mol. The lowest BCUT2D eigenvalue weighted by Gasteiger charge is -2.06. The molecule has 0 spiro atoms. The first kappa shape index (κ1) is 14.0. The van der Waals surface area contributed by atoms with Crippen molar-refractivity contribution in [1.29, 1.82) is 0 Å². The fourth-order valence-corrected chi connectivity index (χ4v) is 3.01. The van der Waals surface area contributed by atoms with Crippen LogP contribution in [-0.4, -0.2) is 18.5 Å². The van der Waals surface area contributed by atoms with Gasteiger partial charge in [-0.25, -0.2) is 0 Å². The van der Waals surface area contributed by atoms with Crippen molar-refractivity contribution >= 4 is 27.3 Å². The minimum absolute atomic E-state index is 0.0894. The Morgan fingerprint density at radius 1 is 1.42 bits per heavy atom. The van der Waals surface area contributed by atoms with Gasteiger partial charge in [-0.15, -0.1) is 11.3 Å². The SMILES string of the molecule is CC(N)CCC(=O)NCCc1csc2ccccc12. The molecule has 1 unspecified atom stereocenters. The number of hydrogen-bond donors (Lipinski definition) is 2. The Kier molecular flexibility index (Phi) is 4.93. The summed E-state index contributed by atoms with van der Waals surface area (Å²) in [5, 5.41) is 6.43. The molecule has 0 aliphatic rings. The van der Waals surface area contributed by atoms with Gasteiger partial charge in [-0.05, 0) is 42.2 Å². The Morgan fingerprint density at radius 3 is 3.00 bits per heavy atom. The average Bonchev–Trinajstić information content (AvgIpc) is 2.80. The molecule has 1 atom stereocenters. The van der Waals surface area contributed by atoms with Gasteiger partial charge in [0.05, 0.1) is 0 Å². The topological polar surface area (TPSA) is 55.1 Å². The maximum absolute atomic E-state index is 11.6. The molecule has 0 aliphatic heterocycles. The second kappa shape index (κ2) is 6.68. The third-order valence-electron chi connectivity index (χ3n) is 3.10. The number of amides is 1. The quantitative estimate of drug-likeness (QED) is 0.852. The monoisotopic (exact) mass is 276 g/mol. The summed E-state index contributed by atoms with van der Waals surface area (Å²) >= 11 is 1.76. The van der Waals surface area contributed by atoms with E-state index in [1.165, 1.54) is 15.6 Å². The van der Waals surface area contributed by atoms with Crippen molar-refractivity contribution in [1.82, 2.24) is 5.32 Å². The number of carbonyl (C=O) groups is 1. The molecule has 2 rings (SSSR count). The maximum Gasteiger partial charge on any atom is 0.220 e. The van der Waals surface area contributed by atoms with Crippen LogP contribution in [-0.2, 0) is 11.2 Å². The normalized spacial score (nSPS) is 12.5. The van der Waals surface area contributed by atoms with Crippen molar-refractivity contribution in [2.45, 2.75) is 32.2 Å². The molecule has 102 valence electrons. The van der Waals surface area contributed by atoms with Crippen molar-refractivity contribution in [3.05, 3.63) is 35.2 Å². The van der Waals surface area contributed by atoms with Crippen molar-refractivity contribution in [2.24, 2.45) is 5.73 Å². The van der Waals surface area contributed by atoms with E-state index in [1.807, 2.05) is 6.92 Å². The Bertz CT molecular complexity index is 548. The summed E-state index contributed by atoms with van der Waals surface area (Å²) < 4.78 is 1.31. The molecule has 2 aromatic rings. The van der Waals surface area contributed by atoms with E-state index in [9.17, 15) is 4.79 Å². The first-order chi connectivity index (χ1) is 9.16. The smallest absolute Gasteiger partial charge is 0.220 e. The standard InChI is InChI=1S/C15H20N2OS/c1-11(16)6-7-15(18)17-9-8-12-10-19-14-5-3-2-4-13(12)14/h2-5,10-11H,6-9,16H2,1H3,(H,17,18). The first-order valence-electron chi connectivity index (χ1n) is 6.64. The number of rotatable bonds is 6. The Morgan fingerprint density at radius 2 is 2.21 bits per heavy atom. The summed E-state index contributed by atoms with van der Waals surface area (Å²) in [6, 6.07) is 8.47. The van der Waals surface area contributed by atoms with Crippen molar-refractivity contribution in [2.75, 3.05) is 6.54 Å². The van der Waals surface area contributed by atoms with Crippen LogP contribution in [0.3, 0.4) is 0 Å². The molecular weight excluding hydrogens is 256 g/mol. The third kappa shape index (κ3) is 4.04. The number of nitrogens with one attached hydrogen (secondary N) is 1. The van der Waals surface area contributed by atoms with Gasteiger partial charge in [0.25, 0.3) is 0 Å². The van der Waals surface area contributed by atoms with Crippen LogP contribution in [0.4, 0.5) is 0 Å². The molecule has 0 radical (unpaired) electrons. The zero-order valence-electron chi connectivity index (χ0n) is 11.2. The number of thiophene rings is 1. The summed E-state index contributed by atoms with van der Waals surface area (Å²) in [7, 11) is 0. The summed E-state index contributed by atoms with van der Waals surface area (Å²) in [4.78, 5) is 11.6. The number of carbonyl (C=O) groups excluding carboxylic acids is 1. The van der Waals surface area contributed by atoms with Crippen LogP contribution in [0.15, 0.2) is 29.6 Å². The molecule has 0 saturated heterocycles. The number of nitrogens with two attached hydrogens (primary N) is 1. The van der Waals surface area contributed by atoms with Gasteiger partial charge in [0, 0.05) is 23.7 Å². The Balaban J connectivity index is 1.81. The van der Waals surface area contributed by atoms with E-state index >= 15 is 0 Å². The van der Waals surface area contributed by atoms with E-state index in [2.05, 4.69) is 35.0 Å². The van der Waals surface area contributed by atoms with Crippen LogP contribution in [0.25, 0.3) is 10.1 Å². The summed E-state index contributed by atoms with van der Waals surface area (Å²) in [6.45, 7) is 2.61. The zero-order valence-corrected chi connectivity index (χ0v) is 12.0. The van der Waals surface area contributed by atoms with E-state index in [0.717, 1.165) is 12.8 Å². The molecule has 0 fully saturated rings. The molecule has 0 bridgehead atoms. The van der Waals surface area contributed by atoms with Crippen LogP contribution in [0.5, 0.6) is 0 Å². The lowest BCUT2D eigenvalue weighted by atomic mass is 10.1. The third-order valence-corrected chi connectivity index (χ3v) is 4.12. The summed E-state index contributed by atoms with van der Waals surface area (Å²) in [6.07, 6.45) is 2.14. The molecule has 1 aromatic heterocycles. The molecule has 0 saturated carbocycles. The van der Waals surface area contributed by atoms with Gasteiger partial charge >= 0.3 is 0 Å². The van der Waals surface area contributed by atoms with E-state index in [0.29, 0.717) is 13.0 Å². The summed E-state index contributed by atoms with van der Waals surface area (Å²) in [5.74, 6) is 0.0943. The molecule has 1 amide bonds. The molecule has 19 heavy (non-hydrogen) atoms. The highest BCUT2D eigenvalue weighted by atomic mass is 32.1. The largest absolute Gasteiger partial charge is 0.356 e. The highest BCUT2D eigenvalue weighted by Crippen LogP contribution is 2.25. The van der Waals surface area contributed by atoms with E-state index in [1.54, 1.807) is 11.3 Å². The fraction of sp³-hybridized carbons (Fsp3) is 0.400. The second-order valence-corrected chi connectivity index (χ2v) is 5.78. The lowest BCUT2D eigenvalue weighted by Crippen LogP contribution is -2.27. The van der Waals surface area contributed by atoms with Gasteiger partial charge in [0.15, 0.2) is 0 Å². The summed E-state index contributed by atoms with van der Waals surface area (Å²) in [5.41, 5.74) is 6.94. The highest BCUT2D eigenvalue weighted by Gasteiger charge is 2.05. The van der Waals surface area contributed by atoms with Crippen LogP contribution in [0, 0.1) is 0 Å². The predicted molar refractivity (Wildman–Crippen MR) is 81.4 cm³/mol. The van der Waals surface area contributed by atoms with Gasteiger partial charge in [-0.1, -0.05) is 18.2 Å². The Hall–Kier alpha value is -1.39. The highest BCUT2D eigenvalue weighted by molar-refractivity contribution is 7.17. The molecule has 3 N–H and O–H groups in total. The molecular formula is C15H20N2OS. The number of benzene rings is 1. The zero-order chi connectivity index (χ0) is 13.7. The second-order valence-electron chi connectivity index (χ2n) is 4.87. The Labute approximate surface area is 117 Å². The van der Waals surface area contributed by atoms with Crippen LogP contribution in [0.2, 0.25) is 0 Å². The molecule has 1 heterocycles. The van der Waals surface area contributed by atoms with Gasteiger partial charge < -0.3 is 11.1 Å². The van der Waals surface area contributed by atoms with E-state index < -0.39 is 0 Å². The number of hydrogen-bond acceptors (Lipinski definition) is 3. The minimum Gasteiger partial charge on any atom is -0.356 e. The molecule has 0 aliphatic carbocycles. The van der Waals surface area contributed by atoms with Crippen molar-refractivity contribution in [3.63, 3.8) is 0 Å². The van der Waals surface area contributed by atoms with E-state index in [4.69, 9.17) is 5.73 Å². The molecule has 3 nitrogen and oxygen atoms in total. The number of fused-ring (bicyclic) bond motifs is 1. The van der Waals surface area contributed by atoms with E-state index in [-0.39, 0.29) is 11.9 Å². The fourth-order valence-electron chi connectivity index (χ4n) is 2.01. The van der Waals surface area contributed by atoms with Crippen LogP contribution >= 0.6 is 11.3 Å². The molecule has 1 aromatic carbocycles. The van der Waals surface area contributed by atoms with Crippen molar-refractivity contribution < 1.29 is 4.79 Å². The van der Waals surface area contributed by atoms with Crippen LogP contribution in [0.1, 0.15) is 25.3 Å². The van der Waals surface area contributed by atoms with Gasteiger partial charge in [0.2, 0.25) is 5.91 Å². The predicted octanol–water partition coefficient (Wildman–Crippen LogP) is 2.69. The maximum atomic E-state index is 11.6. The molecule has 4 heteroatoms. The van der Waals surface area contributed by atoms with Gasteiger partial charge in [-0.2, -0.15) is 0 Å².